The van der Waals surface area contributed by atoms with Gasteiger partial charge >= 0.3 is 19.4 Å². The number of azide groups is 1. The molecule has 3 N–H and O–H groups in total. The number of aromatic amines is 1. The Labute approximate surface area is 209 Å². The topological polar surface area (TPSA) is 218 Å². The van der Waals surface area contributed by atoms with Crippen LogP contribution in [0.2, 0.25) is 0 Å². The SMILES string of the molecule is CCOC(=O)CN(C)P(=O)(OC[C@@]1(N=[N+]=[N-])O[C@@H](n2ccc(=O)[nH]c2=O)[C@@H](O)[C@H]1O)Oc1ccccc1. The van der Waals surface area contributed by atoms with E-state index in [0.717, 1.165) is 21.5 Å². The number of aliphatic hydroxyl groups excluding tert-OH is 2. The minimum Gasteiger partial charge on any atom is -0.465 e. The molecule has 1 unspecified atom stereocenters. The van der Waals surface area contributed by atoms with Gasteiger partial charge in [0.15, 0.2) is 6.23 Å². The van der Waals surface area contributed by atoms with E-state index < -0.39 is 62.3 Å². The van der Waals surface area contributed by atoms with Crippen molar-refractivity contribution in [3.63, 3.8) is 0 Å². The molecule has 1 saturated heterocycles. The van der Waals surface area contributed by atoms with E-state index in [1.165, 1.54) is 19.2 Å². The van der Waals surface area contributed by atoms with E-state index in [-0.39, 0.29) is 12.4 Å². The van der Waals surface area contributed by atoms with Crippen molar-refractivity contribution in [2.45, 2.75) is 31.1 Å². The van der Waals surface area contributed by atoms with Crippen LogP contribution in [0.4, 0.5) is 0 Å². The Balaban J connectivity index is 1.93. The third-order valence-electron chi connectivity index (χ3n) is 5.22. The van der Waals surface area contributed by atoms with Gasteiger partial charge in [-0.1, -0.05) is 23.3 Å². The predicted molar refractivity (Wildman–Crippen MR) is 125 cm³/mol. The highest BCUT2D eigenvalue weighted by Crippen LogP contribution is 2.52. The Kier molecular flexibility index (Phi) is 8.89. The number of nitrogens with one attached hydrogen (secondary N) is 1. The molecule has 0 saturated carbocycles. The molecule has 0 radical (unpaired) electrons. The van der Waals surface area contributed by atoms with Gasteiger partial charge < -0.3 is 24.2 Å². The highest BCUT2D eigenvalue weighted by Gasteiger charge is 2.56. The number of H-pyrrole nitrogens is 1. The van der Waals surface area contributed by atoms with Crippen LogP contribution in [-0.4, -0.2) is 75.1 Å². The minimum absolute atomic E-state index is 0.0702. The summed E-state index contributed by atoms with van der Waals surface area (Å²) in [6.07, 6.45) is -4.44. The van der Waals surface area contributed by atoms with Crippen LogP contribution in [0.1, 0.15) is 13.2 Å². The monoisotopic (exact) mass is 540 g/mol. The summed E-state index contributed by atoms with van der Waals surface area (Å²) in [6, 6.07) is 8.79. The molecule has 17 heteroatoms. The highest BCUT2D eigenvalue weighted by molar-refractivity contribution is 7.51. The first-order valence-electron chi connectivity index (χ1n) is 10.8. The first-order chi connectivity index (χ1) is 17.5. The quantitative estimate of drug-likeness (QED) is 0.117. The number of hydrogen-bond donors (Lipinski definition) is 3. The van der Waals surface area contributed by atoms with Crippen LogP contribution in [0, 0.1) is 0 Å². The Morgan fingerprint density at radius 1 is 1.32 bits per heavy atom. The van der Waals surface area contributed by atoms with E-state index >= 15 is 0 Å². The number of aromatic nitrogens is 2. The van der Waals surface area contributed by atoms with Crippen LogP contribution in [0.5, 0.6) is 5.75 Å². The molecule has 16 nitrogen and oxygen atoms in total. The highest BCUT2D eigenvalue weighted by atomic mass is 31.2. The normalized spacial score (nSPS) is 24.7. The number of rotatable bonds is 11. The standard InChI is InChI=1S/C20H25N6O10P/c1-3-33-15(28)11-25(2)37(32,36-13-7-5-4-6-8-13)34-12-20(23-24-21)17(30)16(29)18(35-20)26-10-9-14(27)22-19(26)31/h4-10,16-18,29-30H,3,11-12H2,1-2H3,(H,22,27,31)/t16-,17+,18+,20+,37?/m0/s1. The summed E-state index contributed by atoms with van der Waals surface area (Å²) in [5.41, 5.74) is 5.05. The Morgan fingerprint density at radius 3 is 2.65 bits per heavy atom. The van der Waals surface area contributed by atoms with Crippen molar-refractivity contribution in [1.82, 2.24) is 14.2 Å². The number of carbonyl (C=O) groups is 1. The second kappa shape index (κ2) is 11.7. The zero-order chi connectivity index (χ0) is 27.2. The van der Waals surface area contributed by atoms with Crippen LogP contribution >= 0.6 is 7.75 Å². The molecule has 0 aliphatic carbocycles. The molecule has 5 atom stereocenters. The van der Waals surface area contributed by atoms with Crippen LogP contribution in [0.25, 0.3) is 10.4 Å². The summed E-state index contributed by atoms with van der Waals surface area (Å²) in [4.78, 5) is 40.2. The third-order valence-corrected chi connectivity index (χ3v) is 7.10. The lowest BCUT2D eigenvalue weighted by Crippen LogP contribution is -2.45. The molecule has 37 heavy (non-hydrogen) atoms. The van der Waals surface area contributed by atoms with Crippen LogP contribution in [0.15, 0.2) is 57.3 Å². The van der Waals surface area contributed by atoms with Crippen molar-refractivity contribution < 1.29 is 38.1 Å². The fraction of sp³-hybridized carbons (Fsp3) is 0.450. The van der Waals surface area contributed by atoms with Gasteiger partial charge in [-0.2, -0.15) is 4.67 Å². The number of nitrogens with zero attached hydrogens (tertiary/aromatic N) is 5. The molecular formula is C20H25N6O10P. The van der Waals surface area contributed by atoms with E-state index in [4.69, 9.17) is 24.1 Å². The molecule has 1 aliphatic rings. The number of ether oxygens (including phenoxy) is 2. The van der Waals surface area contributed by atoms with Crippen molar-refractivity contribution in [2.75, 3.05) is 26.8 Å². The summed E-state index contributed by atoms with van der Waals surface area (Å²) in [5, 5.41) is 24.7. The number of esters is 1. The van der Waals surface area contributed by atoms with E-state index in [1.54, 1.807) is 25.1 Å². The van der Waals surface area contributed by atoms with Crippen molar-refractivity contribution in [3.05, 3.63) is 73.9 Å². The molecule has 200 valence electrons. The number of likely N-dealkylation sites (N-methyl/N-ethyl adjacent to an activating group) is 1. The van der Waals surface area contributed by atoms with Gasteiger partial charge in [-0.15, -0.1) is 0 Å². The molecule has 1 aromatic carbocycles. The lowest BCUT2D eigenvalue weighted by molar-refractivity contribution is -0.143. The maximum Gasteiger partial charge on any atom is 0.461 e. The van der Waals surface area contributed by atoms with Gasteiger partial charge in [0.2, 0.25) is 5.72 Å². The van der Waals surface area contributed by atoms with E-state index in [9.17, 15) is 29.2 Å². The minimum atomic E-state index is -4.42. The molecule has 0 bridgehead atoms. The Bertz CT molecular complexity index is 1310. The number of aliphatic hydroxyl groups is 2. The number of hydrogen-bond acceptors (Lipinski definition) is 11. The molecule has 1 aromatic heterocycles. The lowest BCUT2D eigenvalue weighted by atomic mass is 10.1. The molecule has 3 rings (SSSR count). The van der Waals surface area contributed by atoms with Gasteiger partial charge in [0.25, 0.3) is 5.56 Å². The smallest absolute Gasteiger partial charge is 0.461 e. The second-order valence-electron chi connectivity index (χ2n) is 7.76. The molecule has 0 spiro atoms. The maximum atomic E-state index is 13.8. The number of benzene rings is 1. The predicted octanol–water partition coefficient (Wildman–Crippen LogP) is 0.492. The summed E-state index contributed by atoms with van der Waals surface area (Å²) in [7, 11) is -3.17. The number of para-hydroxylation sites is 1. The molecule has 1 fully saturated rings. The summed E-state index contributed by atoms with van der Waals surface area (Å²) in [6.45, 7) is 0.197. The van der Waals surface area contributed by atoms with E-state index in [2.05, 4.69) is 10.0 Å². The molecule has 2 aromatic rings. The Morgan fingerprint density at radius 2 is 2.03 bits per heavy atom. The second-order valence-corrected chi connectivity index (χ2v) is 9.82. The van der Waals surface area contributed by atoms with Crippen LogP contribution < -0.4 is 15.8 Å². The van der Waals surface area contributed by atoms with Crippen molar-refractivity contribution in [3.8, 4) is 5.75 Å². The fourth-order valence-corrected chi connectivity index (χ4v) is 4.80. The fourth-order valence-electron chi connectivity index (χ4n) is 3.39. The van der Waals surface area contributed by atoms with Crippen molar-refractivity contribution in [2.24, 2.45) is 5.11 Å². The first-order valence-corrected chi connectivity index (χ1v) is 12.3. The summed E-state index contributed by atoms with van der Waals surface area (Å²) < 4.78 is 37.0. The van der Waals surface area contributed by atoms with Gasteiger partial charge in [0.1, 0.15) is 24.5 Å². The van der Waals surface area contributed by atoms with E-state index in [1.807, 2.05) is 4.98 Å². The number of carbonyl (C=O) groups excluding carboxylic acids is 1. The average molecular weight is 540 g/mol. The molecule has 2 heterocycles. The van der Waals surface area contributed by atoms with E-state index in [0.29, 0.717) is 0 Å². The summed E-state index contributed by atoms with van der Waals surface area (Å²) in [5.74, 6) is -0.634. The first kappa shape index (κ1) is 28.1. The van der Waals surface area contributed by atoms with Crippen LogP contribution in [-0.2, 0) is 23.4 Å². The van der Waals surface area contributed by atoms with Crippen molar-refractivity contribution in [1.29, 1.82) is 0 Å². The largest absolute Gasteiger partial charge is 0.465 e. The van der Waals surface area contributed by atoms with Crippen LogP contribution in [0.3, 0.4) is 0 Å². The van der Waals surface area contributed by atoms with Gasteiger partial charge in [-0.05, 0) is 31.6 Å². The lowest BCUT2D eigenvalue weighted by Gasteiger charge is -2.31. The van der Waals surface area contributed by atoms with Crippen molar-refractivity contribution >= 4 is 13.7 Å². The average Bonchev–Trinajstić information content (AvgIpc) is 3.09. The van der Waals surface area contributed by atoms with Gasteiger partial charge in [-0.3, -0.25) is 23.7 Å². The molecular weight excluding hydrogens is 515 g/mol. The Hall–Kier alpha value is -3.49. The van der Waals surface area contributed by atoms with Gasteiger partial charge in [0.05, 0.1) is 13.2 Å². The molecule has 1 aliphatic heterocycles. The third kappa shape index (κ3) is 6.26. The molecule has 0 amide bonds. The van der Waals surface area contributed by atoms with Gasteiger partial charge in [-0.25, -0.2) is 9.36 Å². The van der Waals surface area contributed by atoms with Gasteiger partial charge in [0, 0.05) is 17.2 Å². The zero-order valence-corrected chi connectivity index (χ0v) is 20.6. The zero-order valence-electron chi connectivity index (χ0n) is 19.7. The maximum absolute atomic E-state index is 13.8. The summed E-state index contributed by atoms with van der Waals surface area (Å²) >= 11 is 0.